The summed E-state index contributed by atoms with van der Waals surface area (Å²) in [6.45, 7) is 12.8. The number of benzene rings is 1. The molecule has 8 nitrogen and oxygen atoms in total. The largest absolute Gasteiger partial charge is 0.387 e. The maximum Gasteiger partial charge on any atom is 0.172 e. The number of piperazine rings is 1. The highest BCUT2D eigenvalue weighted by atomic mass is 19.1. The predicted octanol–water partition coefficient (Wildman–Crippen LogP) is 3.67. The number of hydrogen-bond donors (Lipinski definition) is 3. The molecule has 0 amide bonds. The Labute approximate surface area is 212 Å². The van der Waals surface area contributed by atoms with Crippen LogP contribution in [0, 0.1) is 5.82 Å². The lowest BCUT2D eigenvalue weighted by atomic mass is 9.98. The van der Waals surface area contributed by atoms with Crippen molar-refractivity contribution in [3.8, 4) is 0 Å². The predicted molar refractivity (Wildman–Crippen MR) is 141 cm³/mol. The van der Waals surface area contributed by atoms with Gasteiger partial charge < -0.3 is 20.4 Å². The molecule has 3 N–H and O–H groups in total. The molecule has 36 heavy (non-hydrogen) atoms. The average Bonchev–Trinajstić information content (AvgIpc) is 2.84. The van der Waals surface area contributed by atoms with Gasteiger partial charge in [-0.05, 0) is 51.8 Å². The van der Waals surface area contributed by atoms with Crippen molar-refractivity contribution >= 4 is 22.7 Å². The number of nitrogens with zero attached hydrogens (tertiary/aromatic N) is 5. The van der Waals surface area contributed by atoms with Crippen molar-refractivity contribution in [1.82, 2.24) is 19.9 Å². The number of nitrogens with one attached hydrogen (secondary N) is 1. The third-order valence-corrected chi connectivity index (χ3v) is 6.51. The van der Waals surface area contributed by atoms with Gasteiger partial charge in [-0.3, -0.25) is 9.88 Å². The van der Waals surface area contributed by atoms with Gasteiger partial charge in [0.05, 0.1) is 23.0 Å². The van der Waals surface area contributed by atoms with Gasteiger partial charge in [-0.25, -0.2) is 14.4 Å². The molecule has 0 saturated carbocycles. The summed E-state index contributed by atoms with van der Waals surface area (Å²) in [4.78, 5) is 18.5. The van der Waals surface area contributed by atoms with Crippen LogP contribution < -0.4 is 10.2 Å². The minimum absolute atomic E-state index is 0.156. The van der Waals surface area contributed by atoms with Crippen LogP contribution in [0.2, 0.25) is 0 Å². The Morgan fingerprint density at radius 2 is 1.81 bits per heavy atom. The zero-order valence-electron chi connectivity index (χ0n) is 21.8. The van der Waals surface area contributed by atoms with Crippen molar-refractivity contribution < 1.29 is 14.6 Å². The molecule has 1 unspecified atom stereocenters. The van der Waals surface area contributed by atoms with Crippen LogP contribution in [0.15, 0.2) is 30.5 Å². The van der Waals surface area contributed by atoms with Gasteiger partial charge in [0.25, 0.3) is 0 Å². The average molecular weight is 497 g/mol. The molecule has 3 heterocycles. The molecule has 194 valence electrons. The zero-order valence-corrected chi connectivity index (χ0v) is 21.8. The summed E-state index contributed by atoms with van der Waals surface area (Å²) >= 11 is 0. The highest BCUT2D eigenvalue weighted by Crippen LogP contribution is 2.30. The number of aliphatic hydroxyl groups is 2. The van der Waals surface area contributed by atoms with Crippen LogP contribution in [0.3, 0.4) is 0 Å². The van der Waals surface area contributed by atoms with Crippen molar-refractivity contribution in [2.75, 3.05) is 36.4 Å². The molecular formula is C27H37FN6O2. The molecule has 0 radical (unpaired) electrons. The minimum atomic E-state index is -1.33. The molecule has 0 bridgehead atoms. The van der Waals surface area contributed by atoms with Gasteiger partial charge in [0.15, 0.2) is 11.6 Å². The minimum Gasteiger partial charge on any atom is -0.387 e. The van der Waals surface area contributed by atoms with Crippen LogP contribution in [0.5, 0.6) is 0 Å². The van der Waals surface area contributed by atoms with E-state index in [-0.39, 0.29) is 11.9 Å². The summed E-state index contributed by atoms with van der Waals surface area (Å²) in [6.07, 6.45) is 1.33. The Hall–Kier alpha value is -2.88. The standard InChI is InChI=1S/C27H37FN6O2/c1-6-18-7-8-20(28)19(13-18)16-33-9-11-34(12-10-33)26-25(30-17(2)3)31-23-15-29-22(14-21(23)32-26)24(35)27(4,5)36/h7-8,13-15,17,24,35-36H,6,9-12,16H2,1-5H3,(H,30,31). The number of anilines is 2. The summed E-state index contributed by atoms with van der Waals surface area (Å²) in [5.74, 6) is 1.27. The number of pyridine rings is 1. The van der Waals surface area contributed by atoms with E-state index in [9.17, 15) is 14.6 Å². The van der Waals surface area contributed by atoms with Crippen LogP contribution in [0.1, 0.15) is 57.5 Å². The second-order valence-corrected chi connectivity index (χ2v) is 10.4. The van der Waals surface area contributed by atoms with E-state index >= 15 is 0 Å². The molecule has 1 aromatic carbocycles. The first-order valence-corrected chi connectivity index (χ1v) is 12.6. The first-order valence-electron chi connectivity index (χ1n) is 12.6. The van der Waals surface area contributed by atoms with Gasteiger partial charge in [-0.1, -0.05) is 19.1 Å². The number of rotatable bonds is 8. The fraction of sp³-hybridized carbons (Fsp3) is 0.519. The van der Waals surface area contributed by atoms with Gasteiger partial charge in [0.1, 0.15) is 17.4 Å². The van der Waals surface area contributed by atoms with E-state index in [1.165, 1.54) is 0 Å². The van der Waals surface area contributed by atoms with E-state index in [1.807, 2.05) is 26.0 Å². The lowest BCUT2D eigenvalue weighted by Crippen LogP contribution is -2.46. The molecule has 2 aromatic heterocycles. The molecule has 0 aliphatic carbocycles. The molecule has 1 fully saturated rings. The number of halogens is 1. The first kappa shape index (κ1) is 26.2. The SMILES string of the molecule is CCc1ccc(F)c(CN2CCN(c3nc4cc(C(O)C(C)(C)O)ncc4nc3NC(C)C)CC2)c1. The van der Waals surface area contributed by atoms with Crippen LogP contribution >= 0.6 is 0 Å². The third-order valence-electron chi connectivity index (χ3n) is 6.51. The van der Waals surface area contributed by atoms with E-state index < -0.39 is 11.7 Å². The fourth-order valence-corrected chi connectivity index (χ4v) is 4.40. The quantitative estimate of drug-likeness (QED) is 0.435. The maximum absolute atomic E-state index is 14.4. The lowest BCUT2D eigenvalue weighted by Gasteiger charge is -2.36. The van der Waals surface area contributed by atoms with Crippen molar-refractivity contribution in [2.24, 2.45) is 0 Å². The van der Waals surface area contributed by atoms with Gasteiger partial charge in [-0.15, -0.1) is 0 Å². The molecule has 1 saturated heterocycles. The summed E-state index contributed by atoms with van der Waals surface area (Å²) in [5, 5.41) is 24.1. The third kappa shape index (κ3) is 5.91. The monoisotopic (exact) mass is 496 g/mol. The fourth-order valence-electron chi connectivity index (χ4n) is 4.40. The van der Waals surface area contributed by atoms with Gasteiger partial charge >= 0.3 is 0 Å². The molecule has 1 atom stereocenters. The van der Waals surface area contributed by atoms with Crippen molar-refractivity contribution in [3.63, 3.8) is 0 Å². The van der Waals surface area contributed by atoms with Gasteiger partial charge in [0, 0.05) is 44.3 Å². The summed E-state index contributed by atoms with van der Waals surface area (Å²) in [6, 6.07) is 7.23. The van der Waals surface area contributed by atoms with E-state index in [0.29, 0.717) is 29.1 Å². The number of aromatic nitrogens is 3. The van der Waals surface area contributed by atoms with Crippen LogP contribution in [0.25, 0.3) is 11.0 Å². The zero-order chi connectivity index (χ0) is 26.0. The smallest absolute Gasteiger partial charge is 0.172 e. The molecule has 9 heteroatoms. The number of fused-ring (bicyclic) bond motifs is 1. The molecule has 1 aliphatic heterocycles. The van der Waals surface area contributed by atoms with Crippen molar-refractivity contribution in [3.05, 3.63) is 53.1 Å². The molecule has 0 spiro atoms. The van der Waals surface area contributed by atoms with Gasteiger partial charge in [0.2, 0.25) is 0 Å². The van der Waals surface area contributed by atoms with Crippen molar-refractivity contribution in [1.29, 1.82) is 0 Å². The van der Waals surface area contributed by atoms with Crippen LogP contribution in [-0.4, -0.2) is 67.9 Å². The van der Waals surface area contributed by atoms with E-state index in [4.69, 9.17) is 9.97 Å². The Balaban J connectivity index is 1.57. The van der Waals surface area contributed by atoms with Crippen LogP contribution in [0.4, 0.5) is 16.0 Å². The molecule has 4 rings (SSSR count). The first-order chi connectivity index (χ1) is 17.0. The molecular weight excluding hydrogens is 459 g/mol. The second kappa shape index (κ2) is 10.6. The Morgan fingerprint density at radius 1 is 1.08 bits per heavy atom. The number of aliphatic hydroxyl groups excluding tert-OH is 1. The lowest BCUT2D eigenvalue weighted by molar-refractivity contribution is -0.0516. The highest BCUT2D eigenvalue weighted by Gasteiger charge is 2.28. The molecule has 1 aliphatic rings. The normalized spacial score (nSPS) is 16.1. The van der Waals surface area contributed by atoms with Crippen LogP contribution in [-0.2, 0) is 13.0 Å². The van der Waals surface area contributed by atoms with Crippen molar-refractivity contribution in [2.45, 2.75) is 65.3 Å². The number of aryl methyl sites for hydroxylation is 1. The highest BCUT2D eigenvalue weighted by molar-refractivity contribution is 5.80. The summed E-state index contributed by atoms with van der Waals surface area (Å²) in [7, 11) is 0. The summed E-state index contributed by atoms with van der Waals surface area (Å²) in [5.41, 5.74) is 2.11. The van der Waals surface area contributed by atoms with E-state index in [1.54, 1.807) is 32.2 Å². The number of hydrogen-bond acceptors (Lipinski definition) is 8. The Bertz CT molecular complexity index is 1200. The Morgan fingerprint density at radius 3 is 2.44 bits per heavy atom. The molecule has 3 aromatic rings. The van der Waals surface area contributed by atoms with Gasteiger partial charge in [-0.2, -0.15) is 0 Å². The topological polar surface area (TPSA) is 97.6 Å². The maximum atomic E-state index is 14.4. The van der Waals surface area contributed by atoms with E-state index in [2.05, 4.69) is 27.0 Å². The van der Waals surface area contributed by atoms with E-state index in [0.717, 1.165) is 49.5 Å². The summed E-state index contributed by atoms with van der Waals surface area (Å²) < 4.78 is 14.4. The second-order valence-electron chi connectivity index (χ2n) is 10.4. The Kier molecular flexibility index (Phi) is 7.73.